The van der Waals surface area contributed by atoms with Crippen molar-refractivity contribution in [1.82, 2.24) is 15.5 Å². The third-order valence-corrected chi connectivity index (χ3v) is 5.25. The molecule has 0 saturated carbocycles. The molecule has 0 bridgehead atoms. The molecular weight excluding hydrogens is 314 g/mol. The monoisotopic (exact) mass is 343 g/mol. The third kappa shape index (κ3) is 4.40. The average molecular weight is 343 g/mol. The SMILES string of the molecule is CCCC(=O)NC[C@H]1CCCN(C(=O)[C@H]2NCCc3ccccc32)C1. The Kier molecular flexibility index (Phi) is 6.08. The Bertz CT molecular complexity index is 617. The highest BCUT2D eigenvalue weighted by atomic mass is 16.2. The number of rotatable bonds is 5. The van der Waals surface area contributed by atoms with E-state index in [2.05, 4.69) is 22.8 Å². The summed E-state index contributed by atoms with van der Waals surface area (Å²) in [4.78, 5) is 26.7. The summed E-state index contributed by atoms with van der Waals surface area (Å²) >= 11 is 0. The number of nitrogens with one attached hydrogen (secondary N) is 2. The van der Waals surface area contributed by atoms with Gasteiger partial charge < -0.3 is 15.5 Å². The molecule has 5 heteroatoms. The fourth-order valence-corrected chi connectivity index (χ4v) is 3.91. The van der Waals surface area contributed by atoms with Crippen LogP contribution in [0, 0.1) is 5.92 Å². The Morgan fingerprint density at radius 1 is 1.32 bits per heavy atom. The van der Waals surface area contributed by atoms with E-state index in [-0.39, 0.29) is 17.9 Å². The molecule has 0 spiro atoms. The Labute approximate surface area is 150 Å². The molecule has 5 nitrogen and oxygen atoms in total. The van der Waals surface area contributed by atoms with Crippen LogP contribution in [0.4, 0.5) is 0 Å². The van der Waals surface area contributed by atoms with Crippen molar-refractivity contribution < 1.29 is 9.59 Å². The van der Waals surface area contributed by atoms with Crippen LogP contribution in [0.3, 0.4) is 0 Å². The van der Waals surface area contributed by atoms with Crippen LogP contribution >= 0.6 is 0 Å². The Morgan fingerprint density at radius 2 is 2.16 bits per heavy atom. The third-order valence-electron chi connectivity index (χ3n) is 5.25. The summed E-state index contributed by atoms with van der Waals surface area (Å²) in [6, 6.07) is 8.02. The number of carbonyl (C=O) groups is 2. The fraction of sp³-hybridized carbons (Fsp3) is 0.600. The van der Waals surface area contributed by atoms with Gasteiger partial charge in [-0.3, -0.25) is 9.59 Å². The summed E-state index contributed by atoms with van der Waals surface area (Å²) in [5.74, 6) is 0.655. The van der Waals surface area contributed by atoms with E-state index in [0.29, 0.717) is 18.9 Å². The molecule has 0 unspecified atom stereocenters. The van der Waals surface area contributed by atoms with Crippen molar-refractivity contribution in [2.75, 3.05) is 26.2 Å². The van der Waals surface area contributed by atoms with E-state index in [9.17, 15) is 9.59 Å². The van der Waals surface area contributed by atoms with Gasteiger partial charge in [-0.05, 0) is 42.7 Å². The second kappa shape index (κ2) is 8.48. The van der Waals surface area contributed by atoms with Crippen molar-refractivity contribution in [2.24, 2.45) is 5.92 Å². The lowest BCUT2D eigenvalue weighted by Crippen LogP contribution is -2.49. The largest absolute Gasteiger partial charge is 0.356 e. The smallest absolute Gasteiger partial charge is 0.244 e. The molecule has 25 heavy (non-hydrogen) atoms. The molecule has 2 aliphatic heterocycles. The summed E-state index contributed by atoms with van der Waals surface area (Å²) in [6.07, 6.45) is 4.51. The van der Waals surface area contributed by atoms with Gasteiger partial charge in [0.2, 0.25) is 11.8 Å². The number of likely N-dealkylation sites (tertiary alicyclic amines) is 1. The number of nitrogens with zero attached hydrogens (tertiary/aromatic N) is 1. The average Bonchev–Trinajstić information content (AvgIpc) is 2.66. The number of carbonyl (C=O) groups excluding carboxylic acids is 2. The number of amides is 2. The van der Waals surface area contributed by atoms with Crippen molar-refractivity contribution in [3.05, 3.63) is 35.4 Å². The molecule has 2 heterocycles. The van der Waals surface area contributed by atoms with E-state index in [1.807, 2.05) is 24.0 Å². The Morgan fingerprint density at radius 3 is 3.00 bits per heavy atom. The second-order valence-corrected chi connectivity index (χ2v) is 7.18. The summed E-state index contributed by atoms with van der Waals surface area (Å²) in [5.41, 5.74) is 2.40. The minimum atomic E-state index is -0.224. The van der Waals surface area contributed by atoms with E-state index in [1.54, 1.807) is 0 Å². The first kappa shape index (κ1) is 17.9. The van der Waals surface area contributed by atoms with Gasteiger partial charge in [0.25, 0.3) is 0 Å². The van der Waals surface area contributed by atoms with Gasteiger partial charge in [-0.2, -0.15) is 0 Å². The highest BCUT2D eigenvalue weighted by molar-refractivity contribution is 5.84. The first-order chi connectivity index (χ1) is 12.2. The van der Waals surface area contributed by atoms with Crippen LogP contribution in [0.15, 0.2) is 24.3 Å². The zero-order valence-corrected chi connectivity index (χ0v) is 15.1. The Balaban J connectivity index is 1.60. The molecule has 3 rings (SSSR count). The molecule has 2 N–H and O–H groups in total. The fourth-order valence-electron chi connectivity index (χ4n) is 3.91. The first-order valence-electron chi connectivity index (χ1n) is 9.55. The standard InChI is InChI=1S/C20H29N3O2/c1-2-6-18(24)22-13-15-7-5-12-23(14-15)20(25)19-17-9-4-3-8-16(17)10-11-21-19/h3-4,8-9,15,19,21H,2,5-7,10-14H2,1H3,(H,22,24)/t15-,19+/m1/s1. The molecule has 0 aromatic heterocycles. The molecule has 1 saturated heterocycles. The van der Waals surface area contributed by atoms with Gasteiger partial charge >= 0.3 is 0 Å². The van der Waals surface area contributed by atoms with Crippen LogP contribution in [0.1, 0.15) is 49.8 Å². The normalized spacial score (nSPS) is 23.0. The molecular formula is C20H29N3O2. The topological polar surface area (TPSA) is 61.4 Å². The molecule has 136 valence electrons. The van der Waals surface area contributed by atoms with Gasteiger partial charge in [0, 0.05) is 32.6 Å². The number of hydrogen-bond donors (Lipinski definition) is 2. The van der Waals surface area contributed by atoms with Gasteiger partial charge in [-0.15, -0.1) is 0 Å². The van der Waals surface area contributed by atoms with E-state index >= 15 is 0 Å². The summed E-state index contributed by atoms with van der Waals surface area (Å²) < 4.78 is 0. The van der Waals surface area contributed by atoms with Gasteiger partial charge in [0.1, 0.15) is 6.04 Å². The molecule has 0 aliphatic carbocycles. The number of piperidine rings is 1. The van der Waals surface area contributed by atoms with Crippen molar-refractivity contribution in [2.45, 2.75) is 45.1 Å². The summed E-state index contributed by atoms with van der Waals surface area (Å²) in [6.45, 7) is 5.09. The molecule has 1 aromatic rings. The van der Waals surface area contributed by atoms with E-state index in [4.69, 9.17) is 0 Å². The van der Waals surface area contributed by atoms with Gasteiger partial charge in [-0.1, -0.05) is 31.2 Å². The van der Waals surface area contributed by atoms with E-state index < -0.39 is 0 Å². The van der Waals surface area contributed by atoms with E-state index in [0.717, 1.165) is 50.9 Å². The number of benzene rings is 1. The molecule has 2 amide bonds. The molecule has 0 radical (unpaired) electrons. The summed E-state index contributed by atoms with van der Waals surface area (Å²) in [7, 11) is 0. The van der Waals surface area contributed by atoms with Crippen LogP contribution in [0.25, 0.3) is 0 Å². The van der Waals surface area contributed by atoms with Crippen LogP contribution in [-0.4, -0.2) is 42.9 Å². The Hall–Kier alpha value is -1.88. The number of hydrogen-bond acceptors (Lipinski definition) is 3. The van der Waals surface area contributed by atoms with Crippen LogP contribution < -0.4 is 10.6 Å². The lowest BCUT2D eigenvalue weighted by atomic mass is 9.92. The highest BCUT2D eigenvalue weighted by Gasteiger charge is 2.32. The predicted octanol–water partition coefficient (Wildman–Crippen LogP) is 2.03. The van der Waals surface area contributed by atoms with Crippen LogP contribution in [0.5, 0.6) is 0 Å². The van der Waals surface area contributed by atoms with Crippen molar-refractivity contribution in [3.63, 3.8) is 0 Å². The van der Waals surface area contributed by atoms with Gasteiger partial charge in [0.05, 0.1) is 0 Å². The molecule has 1 aromatic carbocycles. The molecule has 2 atom stereocenters. The maximum absolute atomic E-state index is 13.1. The molecule has 1 fully saturated rings. The zero-order chi connectivity index (χ0) is 17.6. The maximum Gasteiger partial charge on any atom is 0.244 e. The van der Waals surface area contributed by atoms with Crippen molar-refractivity contribution in [1.29, 1.82) is 0 Å². The van der Waals surface area contributed by atoms with Gasteiger partial charge in [0.15, 0.2) is 0 Å². The maximum atomic E-state index is 13.1. The minimum Gasteiger partial charge on any atom is -0.356 e. The lowest BCUT2D eigenvalue weighted by molar-refractivity contribution is -0.135. The highest BCUT2D eigenvalue weighted by Crippen LogP contribution is 2.26. The first-order valence-corrected chi connectivity index (χ1v) is 9.55. The van der Waals surface area contributed by atoms with E-state index in [1.165, 1.54) is 5.56 Å². The quantitative estimate of drug-likeness (QED) is 0.860. The summed E-state index contributed by atoms with van der Waals surface area (Å²) in [5, 5.41) is 6.41. The number of fused-ring (bicyclic) bond motifs is 1. The van der Waals surface area contributed by atoms with Gasteiger partial charge in [-0.25, -0.2) is 0 Å². The van der Waals surface area contributed by atoms with Crippen molar-refractivity contribution >= 4 is 11.8 Å². The molecule has 2 aliphatic rings. The lowest BCUT2D eigenvalue weighted by Gasteiger charge is -2.36. The zero-order valence-electron chi connectivity index (χ0n) is 15.1. The van der Waals surface area contributed by atoms with Crippen molar-refractivity contribution in [3.8, 4) is 0 Å². The minimum absolute atomic E-state index is 0.119. The van der Waals surface area contributed by atoms with Crippen LogP contribution in [0.2, 0.25) is 0 Å². The van der Waals surface area contributed by atoms with Crippen LogP contribution in [-0.2, 0) is 16.0 Å². The second-order valence-electron chi connectivity index (χ2n) is 7.18. The predicted molar refractivity (Wildman–Crippen MR) is 98.1 cm³/mol.